The molecule has 1 aliphatic heterocycles. The second-order valence-corrected chi connectivity index (χ2v) is 4.02. The SMILES string of the molecule is CC1(C)OCCN([O-])C1(C)C. The summed E-state index contributed by atoms with van der Waals surface area (Å²) >= 11 is 0. The van der Waals surface area contributed by atoms with Crippen molar-refractivity contribution < 1.29 is 4.74 Å². The molecule has 66 valence electrons. The molecule has 1 aliphatic rings. The van der Waals surface area contributed by atoms with E-state index in [4.69, 9.17) is 4.74 Å². The molecule has 0 aromatic heterocycles. The lowest BCUT2D eigenvalue weighted by Crippen LogP contribution is -2.61. The minimum atomic E-state index is -0.411. The van der Waals surface area contributed by atoms with E-state index in [-0.39, 0.29) is 5.60 Å². The van der Waals surface area contributed by atoms with Crippen LogP contribution < -0.4 is 0 Å². The summed E-state index contributed by atoms with van der Waals surface area (Å²) in [4.78, 5) is 0. The van der Waals surface area contributed by atoms with Gasteiger partial charge >= 0.3 is 0 Å². The molecule has 0 unspecified atom stereocenters. The Hall–Kier alpha value is -0.120. The van der Waals surface area contributed by atoms with Crippen LogP contribution >= 0.6 is 0 Å². The number of rotatable bonds is 0. The molecule has 3 nitrogen and oxygen atoms in total. The van der Waals surface area contributed by atoms with Crippen LogP contribution in [0.25, 0.3) is 0 Å². The highest BCUT2D eigenvalue weighted by molar-refractivity contribution is 4.99. The van der Waals surface area contributed by atoms with Crippen LogP contribution in [0, 0.1) is 5.21 Å². The van der Waals surface area contributed by atoms with Crippen LogP contribution in [-0.2, 0) is 4.74 Å². The van der Waals surface area contributed by atoms with Crippen LogP contribution in [0.1, 0.15) is 27.7 Å². The normalized spacial score (nSPS) is 30.3. The molecule has 0 bridgehead atoms. The van der Waals surface area contributed by atoms with Crippen LogP contribution in [0.2, 0.25) is 0 Å². The van der Waals surface area contributed by atoms with Gasteiger partial charge < -0.3 is 15.0 Å². The Morgan fingerprint density at radius 2 is 1.82 bits per heavy atom. The average molecular weight is 158 g/mol. The third-order valence-electron chi connectivity index (χ3n) is 2.85. The summed E-state index contributed by atoms with van der Waals surface area (Å²) in [7, 11) is 0. The predicted molar refractivity (Wildman–Crippen MR) is 44.2 cm³/mol. The van der Waals surface area contributed by atoms with Crippen molar-refractivity contribution >= 4 is 0 Å². The predicted octanol–water partition coefficient (Wildman–Crippen LogP) is 1.37. The number of ether oxygens (including phenoxy) is 1. The quantitative estimate of drug-likeness (QED) is 0.534. The van der Waals surface area contributed by atoms with Crippen molar-refractivity contribution in [1.29, 1.82) is 0 Å². The zero-order valence-corrected chi connectivity index (χ0v) is 7.68. The smallest absolute Gasteiger partial charge is 0.0795 e. The Balaban J connectivity index is 2.82. The summed E-state index contributed by atoms with van der Waals surface area (Å²) in [5.41, 5.74) is -0.752. The van der Waals surface area contributed by atoms with E-state index in [1.165, 1.54) is 0 Å². The highest BCUT2D eigenvalue weighted by Gasteiger charge is 2.41. The molecule has 1 rings (SSSR count). The first-order valence-electron chi connectivity index (χ1n) is 3.97. The second-order valence-electron chi connectivity index (χ2n) is 4.02. The summed E-state index contributed by atoms with van der Waals surface area (Å²) in [6.07, 6.45) is 0. The molecule has 0 N–H and O–H groups in total. The molecule has 1 saturated heterocycles. The highest BCUT2D eigenvalue weighted by Crippen LogP contribution is 2.33. The zero-order valence-electron chi connectivity index (χ0n) is 7.68. The maximum atomic E-state index is 11.4. The maximum Gasteiger partial charge on any atom is 0.0795 e. The van der Waals surface area contributed by atoms with Gasteiger partial charge in [-0.25, -0.2) is 0 Å². The van der Waals surface area contributed by atoms with Gasteiger partial charge in [0.25, 0.3) is 0 Å². The molecule has 0 amide bonds. The van der Waals surface area contributed by atoms with E-state index < -0.39 is 5.54 Å². The van der Waals surface area contributed by atoms with Crippen molar-refractivity contribution in [3.63, 3.8) is 0 Å². The van der Waals surface area contributed by atoms with E-state index in [1.54, 1.807) is 0 Å². The summed E-state index contributed by atoms with van der Waals surface area (Å²) in [6.45, 7) is 8.77. The Kier molecular flexibility index (Phi) is 1.99. The van der Waals surface area contributed by atoms with Gasteiger partial charge in [-0.1, -0.05) is 0 Å². The molecule has 0 aromatic carbocycles. The van der Waals surface area contributed by atoms with Gasteiger partial charge in [0, 0.05) is 12.1 Å². The van der Waals surface area contributed by atoms with E-state index in [9.17, 15) is 5.21 Å². The highest BCUT2D eigenvalue weighted by atomic mass is 16.6. The van der Waals surface area contributed by atoms with Crippen LogP contribution in [-0.4, -0.2) is 29.4 Å². The van der Waals surface area contributed by atoms with Gasteiger partial charge in [0.2, 0.25) is 0 Å². The maximum absolute atomic E-state index is 11.4. The summed E-state index contributed by atoms with van der Waals surface area (Å²) in [5, 5.41) is 12.5. The average Bonchev–Trinajstić information content (AvgIpc) is 1.84. The summed E-state index contributed by atoms with van der Waals surface area (Å²) in [5.74, 6) is 0. The molecule has 11 heavy (non-hydrogen) atoms. The standard InChI is InChI=1S/C8H16NO2/c1-7(2)8(3,4)11-6-5-9(7)10/h5-6H2,1-4H3/q-1. The molecule has 3 heteroatoms. The Morgan fingerprint density at radius 3 is 2.18 bits per heavy atom. The van der Waals surface area contributed by atoms with Gasteiger partial charge in [-0.15, -0.1) is 0 Å². The fraction of sp³-hybridized carbons (Fsp3) is 1.00. The minimum Gasteiger partial charge on any atom is -0.785 e. The monoisotopic (exact) mass is 158 g/mol. The van der Waals surface area contributed by atoms with Gasteiger partial charge in [-0.2, -0.15) is 0 Å². The largest absolute Gasteiger partial charge is 0.785 e. The molecule has 0 aliphatic carbocycles. The molecule has 0 atom stereocenters. The van der Waals surface area contributed by atoms with Gasteiger partial charge in [-0.3, -0.25) is 0 Å². The number of morpholine rings is 1. The Labute approximate surface area is 67.9 Å². The van der Waals surface area contributed by atoms with Crippen LogP contribution in [0.15, 0.2) is 0 Å². The number of nitrogens with zero attached hydrogens (tertiary/aromatic N) is 1. The van der Waals surface area contributed by atoms with Crippen molar-refractivity contribution in [3.05, 3.63) is 5.21 Å². The molecule has 1 heterocycles. The number of hydrogen-bond donors (Lipinski definition) is 0. The van der Waals surface area contributed by atoms with E-state index >= 15 is 0 Å². The summed E-state index contributed by atoms with van der Waals surface area (Å²) < 4.78 is 5.51. The van der Waals surface area contributed by atoms with E-state index in [1.807, 2.05) is 27.7 Å². The third-order valence-corrected chi connectivity index (χ3v) is 2.85. The molecule has 0 radical (unpaired) electrons. The van der Waals surface area contributed by atoms with Crippen molar-refractivity contribution in [2.75, 3.05) is 13.2 Å². The van der Waals surface area contributed by atoms with Crippen LogP contribution in [0.5, 0.6) is 0 Å². The van der Waals surface area contributed by atoms with Gasteiger partial charge in [0.05, 0.1) is 12.2 Å². The molecule has 0 aromatic rings. The third kappa shape index (κ3) is 1.28. The molecule has 1 fully saturated rings. The van der Waals surface area contributed by atoms with E-state index in [0.717, 1.165) is 5.06 Å². The summed E-state index contributed by atoms with van der Waals surface area (Å²) in [6, 6.07) is 0. The number of hydrogen-bond acceptors (Lipinski definition) is 3. The van der Waals surface area contributed by atoms with Gasteiger partial charge in [-0.05, 0) is 27.7 Å². The second kappa shape index (κ2) is 2.44. The lowest BCUT2D eigenvalue weighted by atomic mass is 9.84. The fourth-order valence-corrected chi connectivity index (χ4v) is 1.14. The topological polar surface area (TPSA) is 35.5 Å². The first-order chi connectivity index (χ1) is 4.88. The lowest BCUT2D eigenvalue weighted by Gasteiger charge is -2.56. The minimum absolute atomic E-state index is 0.340. The Bertz CT molecular complexity index is 154. The fourth-order valence-electron chi connectivity index (χ4n) is 1.14. The van der Waals surface area contributed by atoms with Crippen molar-refractivity contribution in [3.8, 4) is 0 Å². The Morgan fingerprint density at radius 1 is 1.27 bits per heavy atom. The van der Waals surface area contributed by atoms with Gasteiger partial charge in [0.15, 0.2) is 0 Å². The first kappa shape index (κ1) is 8.97. The van der Waals surface area contributed by atoms with Crippen LogP contribution in [0.4, 0.5) is 0 Å². The van der Waals surface area contributed by atoms with E-state index in [0.29, 0.717) is 13.2 Å². The first-order valence-corrected chi connectivity index (χ1v) is 3.97. The lowest BCUT2D eigenvalue weighted by molar-refractivity contribution is -0.151. The van der Waals surface area contributed by atoms with Crippen molar-refractivity contribution in [2.24, 2.45) is 0 Å². The van der Waals surface area contributed by atoms with Crippen LogP contribution in [0.3, 0.4) is 0 Å². The number of hydroxylamine groups is 2. The van der Waals surface area contributed by atoms with Gasteiger partial charge in [0.1, 0.15) is 0 Å². The zero-order chi connectivity index (χ0) is 8.70. The molecule has 0 saturated carbocycles. The van der Waals surface area contributed by atoms with Crippen molar-refractivity contribution in [1.82, 2.24) is 5.06 Å². The van der Waals surface area contributed by atoms with E-state index in [2.05, 4.69) is 0 Å². The van der Waals surface area contributed by atoms with Crippen molar-refractivity contribution in [2.45, 2.75) is 38.8 Å². The molecular weight excluding hydrogens is 142 g/mol. The molecular formula is C8H16NO2-. The molecule has 0 spiro atoms.